The number of carbonyl (C=O) groups excluding carboxylic acids is 1. The number of H-pyrrole nitrogens is 1. The number of amides is 2. The second kappa shape index (κ2) is 10.5. The van der Waals surface area contributed by atoms with E-state index in [0.29, 0.717) is 6.54 Å². The van der Waals surface area contributed by atoms with E-state index in [1.54, 1.807) is 0 Å². The molecule has 3 aromatic rings. The van der Waals surface area contributed by atoms with Gasteiger partial charge in [-0.15, -0.1) is 0 Å². The molecule has 0 saturated carbocycles. The van der Waals surface area contributed by atoms with Crippen molar-refractivity contribution >= 4 is 11.7 Å². The van der Waals surface area contributed by atoms with Crippen LogP contribution in [0.25, 0.3) is 22.5 Å². The van der Waals surface area contributed by atoms with Crippen molar-refractivity contribution < 1.29 is 4.79 Å². The van der Waals surface area contributed by atoms with Gasteiger partial charge in [0.1, 0.15) is 0 Å². The summed E-state index contributed by atoms with van der Waals surface area (Å²) in [7, 11) is 4.22. The van der Waals surface area contributed by atoms with Crippen molar-refractivity contribution in [1.82, 2.24) is 20.4 Å². The number of aromatic nitrogens is 2. The third-order valence-electron chi connectivity index (χ3n) is 6.00. The van der Waals surface area contributed by atoms with Gasteiger partial charge in [0.05, 0.1) is 11.4 Å². The molecular formula is C26H33N5O. The first-order valence-electron chi connectivity index (χ1n) is 11.6. The molecule has 1 heterocycles. The highest BCUT2D eigenvalue weighted by atomic mass is 16.2. The predicted octanol–water partition coefficient (Wildman–Crippen LogP) is 5.28. The third kappa shape index (κ3) is 5.37. The number of anilines is 1. The number of hydrogen-bond acceptors (Lipinski definition) is 3. The van der Waals surface area contributed by atoms with E-state index in [0.717, 1.165) is 48.4 Å². The highest BCUT2D eigenvalue weighted by Gasteiger charge is 2.24. The third-order valence-corrected chi connectivity index (χ3v) is 6.00. The monoisotopic (exact) mass is 431 g/mol. The average Bonchev–Trinajstić information content (AvgIpc) is 3.35. The summed E-state index contributed by atoms with van der Waals surface area (Å²) in [6.07, 6.45) is 6.78. The fraction of sp³-hybridized carbons (Fsp3) is 0.385. The van der Waals surface area contributed by atoms with Gasteiger partial charge in [0.15, 0.2) is 0 Å². The predicted molar refractivity (Wildman–Crippen MR) is 131 cm³/mol. The summed E-state index contributed by atoms with van der Waals surface area (Å²) in [5.74, 6) is 0. The molecule has 3 N–H and O–H groups in total. The topological polar surface area (TPSA) is 73.1 Å². The molecule has 0 unspecified atom stereocenters. The molecule has 4 rings (SSSR count). The molecule has 2 amide bonds. The van der Waals surface area contributed by atoms with Gasteiger partial charge in [-0.25, -0.2) is 4.79 Å². The van der Waals surface area contributed by atoms with E-state index in [-0.39, 0.29) is 6.03 Å². The van der Waals surface area contributed by atoms with E-state index in [1.807, 2.05) is 24.3 Å². The second-order valence-electron chi connectivity index (χ2n) is 8.79. The number of urea groups is 1. The fourth-order valence-corrected chi connectivity index (χ4v) is 4.28. The Labute approximate surface area is 190 Å². The molecule has 1 aromatic heterocycles. The van der Waals surface area contributed by atoms with Gasteiger partial charge in [-0.1, -0.05) is 55.7 Å². The molecule has 0 bridgehead atoms. The van der Waals surface area contributed by atoms with Gasteiger partial charge in [-0.2, -0.15) is 5.10 Å². The lowest BCUT2D eigenvalue weighted by Crippen LogP contribution is -2.29. The number of nitrogens with zero attached hydrogens (tertiary/aromatic N) is 2. The van der Waals surface area contributed by atoms with Crippen molar-refractivity contribution in [1.29, 1.82) is 0 Å². The van der Waals surface area contributed by atoms with Gasteiger partial charge in [0, 0.05) is 35.3 Å². The normalized spacial score (nSPS) is 12.0. The van der Waals surface area contributed by atoms with Crippen LogP contribution in [0, 0.1) is 0 Å². The number of rotatable bonds is 10. The lowest BCUT2D eigenvalue weighted by atomic mass is 10.1. The molecule has 2 aromatic carbocycles. The Hall–Kier alpha value is -3.12. The molecule has 0 spiro atoms. The van der Waals surface area contributed by atoms with Crippen LogP contribution in [0.3, 0.4) is 0 Å². The quantitative estimate of drug-likeness (QED) is 0.299. The Balaban J connectivity index is 1.22. The van der Waals surface area contributed by atoms with Gasteiger partial charge in [-0.3, -0.25) is 5.10 Å². The highest BCUT2D eigenvalue weighted by Crippen LogP contribution is 2.39. The van der Waals surface area contributed by atoms with E-state index in [9.17, 15) is 4.79 Å². The van der Waals surface area contributed by atoms with Crippen molar-refractivity contribution in [3.05, 3.63) is 59.7 Å². The molecule has 0 fully saturated rings. The Morgan fingerprint density at radius 2 is 1.75 bits per heavy atom. The molecule has 1 aliphatic carbocycles. The van der Waals surface area contributed by atoms with Crippen LogP contribution in [-0.2, 0) is 6.42 Å². The number of carbonyl (C=O) groups is 1. The summed E-state index contributed by atoms with van der Waals surface area (Å²) in [4.78, 5) is 14.4. The number of benzene rings is 2. The maximum absolute atomic E-state index is 12.2. The van der Waals surface area contributed by atoms with Crippen LogP contribution in [0.5, 0.6) is 0 Å². The van der Waals surface area contributed by atoms with E-state index in [2.05, 4.69) is 64.1 Å². The number of nitrogens with one attached hydrogen (secondary N) is 3. The van der Waals surface area contributed by atoms with Gasteiger partial charge < -0.3 is 15.5 Å². The summed E-state index contributed by atoms with van der Waals surface area (Å²) in [6.45, 7) is 1.85. The zero-order chi connectivity index (χ0) is 22.3. The van der Waals surface area contributed by atoms with Crippen molar-refractivity contribution in [3.8, 4) is 22.5 Å². The van der Waals surface area contributed by atoms with Crippen molar-refractivity contribution in [2.45, 2.75) is 38.5 Å². The lowest BCUT2D eigenvalue weighted by molar-refractivity contribution is 0.252. The van der Waals surface area contributed by atoms with Gasteiger partial charge in [-0.05, 0) is 51.2 Å². The summed E-state index contributed by atoms with van der Waals surface area (Å²) in [5, 5.41) is 13.6. The maximum Gasteiger partial charge on any atom is 0.319 e. The molecule has 1 aliphatic rings. The zero-order valence-electron chi connectivity index (χ0n) is 19.1. The molecule has 0 saturated heterocycles. The van der Waals surface area contributed by atoms with Crippen LogP contribution in [0.1, 0.15) is 43.2 Å². The first-order valence-corrected chi connectivity index (χ1v) is 11.6. The molecular weight excluding hydrogens is 398 g/mol. The molecule has 32 heavy (non-hydrogen) atoms. The smallest absolute Gasteiger partial charge is 0.319 e. The first-order chi connectivity index (χ1) is 15.6. The van der Waals surface area contributed by atoms with Crippen LogP contribution in [0.2, 0.25) is 0 Å². The number of hydrogen-bond donors (Lipinski definition) is 3. The summed E-state index contributed by atoms with van der Waals surface area (Å²) in [5.41, 5.74) is 7.76. The number of aromatic amines is 1. The van der Waals surface area contributed by atoms with E-state index < -0.39 is 0 Å². The number of fused-ring (bicyclic) bond motifs is 3. The molecule has 6 heteroatoms. The first kappa shape index (κ1) is 22.1. The zero-order valence-corrected chi connectivity index (χ0v) is 19.1. The summed E-state index contributed by atoms with van der Waals surface area (Å²) < 4.78 is 0. The maximum atomic E-state index is 12.2. The standard InChI is InChI=1S/C26H33N5O/c1-31(2)17-9-5-3-4-8-16-27-26(32)28-21-14-12-19(13-15-21)24-23-18-20-10-6-7-11-22(20)25(23)30-29-24/h6-7,10-15H,3-5,8-9,16-18H2,1-2H3,(H,29,30)(H2,27,28,32). The lowest BCUT2D eigenvalue weighted by Gasteiger charge is -2.09. The van der Waals surface area contributed by atoms with Crippen molar-refractivity contribution in [2.24, 2.45) is 0 Å². The Bertz CT molecular complexity index is 1040. The second-order valence-corrected chi connectivity index (χ2v) is 8.79. The molecule has 6 nitrogen and oxygen atoms in total. The van der Waals surface area contributed by atoms with Crippen LogP contribution in [0.4, 0.5) is 10.5 Å². The Morgan fingerprint density at radius 3 is 2.56 bits per heavy atom. The molecule has 168 valence electrons. The Kier molecular flexibility index (Phi) is 7.22. The summed E-state index contributed by atoms with van der Waals surface area (Å²) >= 11 is 0. The molecule has 0 radical (unpaired) electrons. The van der Waals surface area contributed by atoms with Crippen LogP contribution >= 0.6 is 0 Å². The van der Waals surface area contributed by atoms with Gasteiger partial charge in [0.25, 0.3) is 0 Å². The van der Waals surface area contributed by atoms with Gasteiger partial charge >= 0.3 is 6.03 Å². The van der Waals surface area contributed by atoms with Crippen molar-refractivity contribution in [3.63, 3.8) is 0 Å². The minimum absolute atomic E-state index is 0.151. The molecule has 0 aliphatic heterocycles. The van der Waals surface area contributed by atoms with Gasteiger partial charge in [0.2, 0.25) is 0 Å². The largest absolute Gasteiger partial charge is 0.338 e. The average molecular weight is 432 g/mol. The van der Waals surface area contributed by atoms with Crippen LogP contribution < -0.4 is 10.6 Å². The highest BCUT2D eigenvalue weighted by molar-refractivity contribution is 5.89. The molecule has 0 atom stereocenters. The van der Waals surface area contributed by atoms with Crippen molar-refractivity contribution in [2.75, 3.05) is 32.5 Å². The van der Waals surface area contributed by atoms with E-state index >= 15 is 0 Å². The fourth-order valence-electron chi connectivity index (χ4n) is 4.28. The Morgan fingerprint density at radius 1 is 1.00 bits per heavy atom. The minimum Gasteiger partial charge on any atom is -0.338 e. The van der Waals surface area contributed by atoms with Crippen LogP contribution in [0.15, 0.2) is 48.5 Å². The van der Waals surface area contributed by atoms with E-state index in [4.69, 9.17) is 0 Å². The SMILES string of the molecule is CN(C)CCCCCCCNC(=O)Nc1ccc(-c2n[nH]c3c2Cc2ccccc2-3)cc1. The number of unbranched alkanes of at least 4 members (excludes halogenated alkanes) is 4. The van der Waals surface area contributed by atoms with E-state index in [1.165, 1.54) is 36.0 Å². The minimum atomic E-state index is -0.151. The summed E-state index contributed by atoms with van der Waals surface area (Å²) in [6, 6.07) is 16.2. The van der Waals surface area contributed by atoms with Crippen LogP contribution in [-0.4, -0.2) is 48.3 Å².